The van der Waals surface area contributed by atoms with E-state index in [1.807, 2.05) is 11.9 Å². The Morgan fingerprint density at radius 2 is 2.44 bits per heavy atom. The first-order chi connectivity index (χ1) is 4.22. The van der Waals surface area contributed by atoms with Gasteiger partial charge in [-0.2, -0.15) is 0 Å². The van der Waals surface area contributed by atoms with Crippen LogP contribution in [0.2, 0.25) is 0 Å². The molecule has 52 valence electrons. The van der Waals surface area contributed by atoms with E-state index >= 15 is 0 Å². The summed E-state index contributed by atoms with van der Waals surface area (Å²) in [6, 6.07) is 0.00463. The van der Waals surface area contributed by atoms with Gasteiger partial charge in [0.2, 0.25) is 0 Å². The van der Waals surface area contributed by atoms with Crippen LogP contribution < -0.4 is 0 Å². The maximum absolute atomic E-state index is 10.7. The van der Waals surface area contributed by atoms with Crippen LogP contribution in [-0.4, -0.2) is 37.1 Å². The number of hydrogen-bond donors (Lipinski definition) is 0. The fourth-order valence-electron chi connectivity index (χ4n) is 0.953. The average molecular weight is 129 g/mol. The first-order valence-corrected chi connectivity index (χ1v) is 3.00. The van der Waals surface area contributed by atoms with Crippen LogP contribution in [0.4, 0.5) is 0 Å². The summed E-state index contributed by atoms with van der Waals surface area (Å²) in [5.41, 5.74) is 0. The SMILES string of the molecule is CC(=O)[C@@H]1COCN1C. The number of hydrogen-bond acceptors (Lipinski definition) is 3. The number of nitrogens with zero attached hydrogens (tertiary/aromatic N) is 1. The van der Waals surface area contributed by atoms with Gasteiger partial charge in [0.15, 0.2) is 0 Å². The van der Waals surface area contributed by atoms with E-state index in [4.69, 9.17) is 4.74 Å². The van der Waals surface area contributed by atoms with Gasteiger partial charge in [-0.15, -0.1) is 0 Å². The summed E-state index contributed by atoms with van der Waals surface area (Å²) < 4.78 is 5.04. The van der Waals surface area contributed by atoms with Crippen LogP contribution in [0.25, 0.3) is 0 Å². The third kappa shape index (κ3) is 1.28. The van der Waals surface area contributed by atoms with Crippen molar-refractivity contribution >= 4 is 5.78 Å². The zero-order chi connectivity index (χ0) is 6.85. The molecule has 1 fully saturated rings. The number of carbonyl (C=O) groups is 1. The number of likely N-dealkylation sites (N-methyl/N-ethyl adjacent to an activating group) is 1. The summed E-state index contributed by atoms with van der Waals surface area (Å²) in [5.74, 6) is 0.190. The van der Waals surface area contributed by atoms with Crippen molar-refractivity contribution in [2.24, 2.45) is 0 Å². The summed E-state index contributed by atoms with van der Waals surface area (Å²) in [6.45, 7) is 2.74. The molecule has 0 spiro atoms. The molecule has 3 nitrogen and oxygen atoms in total. The van der Waals surface area contributed by atoms with Gasteiger partial charge in [-0.3, -0.25) is 9.69 Å². The fraction of sp³-hybridized carbons (Fsp3) is 0.833. The molecule has 0 unspecified atom stereocenters. The molecule has 0 amide bonds. The van der Waals surface area contributed by atoms with Crippen molar-refractivity contribution in [3.05, 3.63) is 0 Å². The standard InChI is InChI=1S/C6H11NO2/c1-5(8)6-3-9-4-7(6)2/h6H,3-4H2,1-2H3/t6-/m0/s1. The Kier molecular flexibility index (Phi) is 1.83. The van der Waals surface area contributed by atoms with Gasteiger partial charge >= 0.3 is 0 Å². The minimum atomic E-state index is 0.00463. The average Bonchev–Trinajstić information content (AvgIpc) is 2.13. The Labute approximate surface area is 54.6 Å². The third-order valence-electron chi connectivity index (χ3n) is 1.57. The van der Waals surface area contributed by atoms with E-state index in [2.05, 4.69) is 0 Å². The van der Waals surface area contributed by atoms with Gasteiger partial charge in [-0.25, -0.2) is 0 Å². The van der Waals surface area contributed by atoms with Crippen molar-refractivity contribution in [3.8, 4) is 0 Å². The zero-order valence-electron chi connectivity index (χ0n) is 5.76. The lowest BCUT2D eigenvalue weighted by Gasteiger charge is -2.11. The van der Waals surface area contributed by atoms with Crippen LogP contribution in [-0.2, 0) is 9.53 Å². The van der Waals surface area contributed by atoms with Crippen LogP contribution in [0, 0.1) is 0 Å². The Bertz CT molecular complexity index is 124. The minimum Gasteiger partial charge on any atom is -0.364 e. The van der Waals surface area contributed by atoms with Crippen molar-refractivity contribution in [3.63, 3.8) is 0 Å². The van der Waals surface area contributed by atoms with Gasteiger partial charge in [-0.05, 0) is 14.0 Å². The molecule has 0 bridgehead atoms. The molecule has 0 aromatic heterocycles. The highest BCUT2D eigenvalue weighted by molar-refractivity contribution is 5.81. The smallest absolute Gasteiger partial charge is 0.149 e. The van der Waals surface area contributed by atoms with Crippen LogP contribution >= 0.6 is 0 Å². The van der Waals surface area contributed by atoms with Crippen molar-refractivity contribution in [1.29, 1.82) is 0 Å². The number of ether oxygens (including phenoxy) is 1. The largest absolute Gasteiger partial charge is 0.364 e. The molecule has 1 aliphatic heterocycles. The minimum absolute atomic E-state index is 0.00463. The van der Waals surface area contributed by atoms with Crippen molar-refractivity contribution in [2.75, 3.05) is 20.4 Å². The Hall–Kier alpha value is -0.410. The molecule has 0 aliphatic carbocycles. The lowest BCUT2D eigenvalue weighted by molar-refractivity contribution is -0.120. The molecule has 1 atom stereocenters. The van der Waals surface area contributed by atoms with Crippen LogP contribution in [0.5, 0.6) is 0 Å². The van der Waals surface area contributed by atoms with E-state index in [0.717, 1.165) is 0 Å². The van der Waals surface area contributed by atoms with Crippen LogP contribution in [0.15, 0.2) is 0 Å². The molecule has 1 saturated heterocycles. The van der Waals surface area contributed by atoms with E-state index in [9.17, 15) is 4.79 Å². The van der Waals surface area contributed by atoms with Gasteiger partial charge in [0.25, 0.3) is 0 Å². The maximum atomic E-state index is 10.7. The van der Waals surface area contributed by atoms with Gasteiger partial charge in [0.1, 0.15) is 5.78 Å². The van der Waals surface area contributed by atoms with E-state index < -0.39 is 0 Å². The van der Waals surface area contributed by atoms with Gasteiger partial charge in [0.05, 0.1) is 19.4 Å². The van der Waals surface area contributed by atoms with E-state index in [1.165, 1.54) is 0 Å². The normalized spacial score (nSPS) is 28.9. The third-order valence-corrected chi connectivity index (χ3v) is 1.57. The van der Waals surface area contributed by atoms with Gasteiger partial charge < -0.3 is 4.74 Å². The second-order valence-corrected chi connectivity index (χ2v) is 2.38. The Balaban J connectivity index is 2.49. The number of Topliss-reactive ketones (excluding diaryl/α,β-unsaturated/α-hetero) is 1. The summed E-state index contributed by atoms with van der Waals surface area (Å²) in [5, 5.41) is 0. The second-order valence-electron chi connectivity index (χ2n) is 2.38. The molecule has 3 heteroatoms. The first-order valence-electron chi connectivity index (χ1n) is 3.00. The maximum Gasteiger partial charge on any atom is 0.149 e. The highest BCUT2D eigenvalue weighted by Crippen LogP contribution is 2.05. The molecule has 1 aliphatic rings. The summed E-state index contributed by atoms with van der Waals surface area (Å²) in [7, 11) is 1.89. The van der Waals surface area contributed by atoms with E-state index in [1.54, 1.807) is 6.92 Å². The topological polar surface area (TPSA) is 29.5 Å². The Morgan fingerprint density at radius 1 is 1.78 bits per heavy atom. The molecule has 9 heavy (non-hydrogen) atoms. The quantitative estimate of drug-likeness (QED) is 0.493. The van der Waals surface area contributed by atoms with E-state index in [-0.39, 0.29) is 11.8 Å². The fourth-order valence-corrected chi connectivity index (χ4v) is 0.953. The number of ketones is 1. The second kappa shape index (κ2) is 2.45. The molecule has 1 heterocycles. The lowest BCUT2D eigenvalue weighted by Crippen LogP contribution is -2.32. The number of rotatable bonds is 1. The predicted molar refractivity (Wildman–Crippen MR) is 33.1 cm³/mol. The molecular weight excluding hydrogens is 118 g/mol. The van der Waals surface area contributed by atoms with Gasteiger partial charge in [-0.1, -0.05) is 0 Å². The number of carbonyl (C=O) groups excluding carboxylic acids is 1. The molecule has 1 rings (SSSR count). The van der Waals surface area contributed by atoms with E-state index in [0.29, 0.717) is 13.3 Å². The van der Waals surface area contributed by atoms with Gasteiger partial charge in [0, 0.05) is 0 Å². The molecule has 0 saturated carbocycles. The summed E-state index contributed by atoms with van der Waals surface area (Å²) in [6.07, 6.45) is 0. The molecule has 0 radical (unpaired) electrons. The van der Waals surface area contributed by atoms with Crippen molar-refractivity contribution < 1.29 is 9.53 Å². The Morgan fingerprint density at radius 3 is 2.67 bits per heavy atom. The molecule has 0 N–H and O–H groups in total. The van der Waals surface area contributed by atoms with Crippen LogP contribution in [0.3, 0.4) is 0 Å². The van der Waals surface area contributed by atoms with Crippen molar-refractivity contribution in [2.45, 2.75) is 13.0 Å². The molecule has 0 aromatic rings. The highest BCUT2D eigenvalue weighted by Gasteiger charge is 2.24. The summed E-state index contributed by atoms with van der Waals surface area (Å²) >= 11 is 0. The van der Waals surface area contributed by atoms with Crippen molar-refractivity contribution in [1.82, 2.24) is 4.90 Å². The highest BCUT2D eigenvalue weighted by atomic mass is 16.5. The predicted octanol–water partition coefficient (Wildman–Crippen LogP) is -0.137. The molecular formula is C6H11NO2. The van der Waals surface area contributed by atoms with Crippen LogP contribution in [0.1, 0.15) is 6.92 Å². The first kappa shape index (κ1) is 6.71. The lowest BCUT2D eigenvalue weighted by atomic mass is 10.2. The zero-order valence-corrected chi connectivity index (χ0v) is 5.76. The molecule has 0 aromatic carbocycles. The monoisotopic (exact) mass is 129 g/mol. The summed E-state index contributed by atoms with van der Waals surface area (Å²) in [4.78, 5) is 12.6.